The Morgan fingerprint density at radius 2 is 1.05 bits per heavy atom. The van der Waals surface area contributed by atoms with Crippen molar-refractivity contribution in [3.63, 3.8) is 0 Å². The second-order valence-corrected chi connectivity index (χ2v) is 10.7. The van der Waals surface area contributed by atoms with E-state index in [0.717, 1.165) is 0 Å². The molecule has 0 spiro atoms. The summed E-state index contributed by atoms with van der Waals surface area (Å²) in [6.45, 7) is 0.381. The zero-order chi connectivity index (χ0) is 18.4. The number of rotatable bonds is 5. The van der Waals surface area contributed by atoms with Crippen LogP contribution in [0.3, 0.4) is 0 Å². The molecule has 0 bridgehead atoms. The van der Waals surface area contributed by atoms with Gasteiger partial charge >= 0.3 is 36.0 Å². The van der Waals surface area contributed by atoms with Crippen LogP contribution in [0.15, 0.2) is 0 Å². The highest BCUT2D eigenvalue weighted by molar-refractivity contribution is 15.0. The zero-order valence-electron chi connectivity index (χ0n) is 10.6. The van der Waals surface area contributed by atoms with Crippen molar-refractivity contribution >= 4 is 64.8 Å². The lowest BCUT2D eigenvalue weighted by Crippen LogP contribution is -2.54. The van der Waals surface area contributed by atoms with Gasteiger partial charge in [0, 0.05) is 44.3 Å². The number of hydrogen-bond acceptors (Lipinski definition) is 3. The van der Waals surface area contributed by atoms with Gasteiger partial charge in [-0.15, -0.1) is 0 Å². The van der Waals surface area contributed by atoms with E-state index in [2.05, 4.69) is 49.9 Å². The standard InChI is InChI=1S/C5H9F9O3Si3.I2/c1-15-19(4(9,10)11)17-20(5(12,13)14)16-18(2)3(6,7)8;1-2/h18-20H,1-2H3;. The molecule has 0 aromatic heterocycles. The van der Waals surface area contributed by atoms with Crippen molar-refractivity contribution in [3.05, 3.63) is 0 Å². The molecule has 0 N–H and O–H groups in total. The summed E-state index contributed by atoms with van der Waals surface area (Å²) < 4.78 is 122. The van der Waals surface area contributed by atoms with Gasteiger partial charge in [0.15, 0.2) is 0 Å². The minimum absolute atomic E-state index is 0.381. The van der Waals surface area contributed by atoms with Gasteiger partial charge in [-0.05, 0) is 6.55 Å². The maximum absolute atomic E-state index is 12.4. The molecule has 0 aliphatic heterocycles. The number of halogens is 11. The van der Waals surface area contributed by atoms with Crippen LogP contribution in [0.2, 0.25) is 6.55 Å². The second kappa shape index (κ2) is 10.4. The molecular formula is C5H9F9I2O3Si3. The van der Waals surface area contributed by atoms with E-state index in [9.17, 15) is 39.5 Å². The molecule has 0 rings (SSSR count). The number of hydrogen-bond donors (Lipinski definition) is 0. The van der Waals surface area contributed by atoms with E-state index in [1.54, 1.807) is 0 Å². The van der Waals surface area contributed by atoms with Crippen LogP contribution < -0.4 is 0 Å². The van der Waals surface area contributed by atoms with Crippen molar-refractivity contribution in [1.82, 2.24) is 0 Å². The van der Waals surface area contributed by atoms with Crippen molar-refractivity contribution in [3.8, 4) is 0 Å². The largest absolute Gasteiger partial charge is 0.433 e. The van der Waals surface area contributed by atoms with Gasteiger partial charge in [0.05, 0.1) is 0 Å². The van der Waals surface area contributed by atoms with Crippen molar-refractivity contribution in [2.24, 2.45) is 0 Å². The molecule has 0 aliphatic rings. The fraction of sp³-hybridized carbons (Fsp3) is 1.00. The topological polar surface area (TPSA) is 27.7 Å². The summed E-state index contributed by atoms with van der Waals surface area (Å²) in [6, 6.07) is 0. The van der Waals surface area contributed by atoms with Crippen LogP contribution >= 0.6 is 37.2 Å². The first-order chi connectivity index (χ1) is 9.69. The molecule has 3 atom stereocenters. The molecule has 0 radical (unpaired) electrons. The van der Waals surface area contributed by atoms with Gasteiger partial charge in [-0.1, -0.05) is 0 Å². The molecule has 3 unspecified atom stereocenters. The Bertz CT molecular complexity index is 312. The van der Waals surface area contributed by atoms with Crippen LogP contribution in [0.1, 0.15) is 0 Å². The van der Waals surface area contributed by atoms with Gasteiger partial charge in [0.1, 0.15) is 0 Å². The predicted molar refractivity (Wildman–Crippen MR) is 82.7 cm³/mol. The highest BCUT2D eigenvalue weighted by Crippen LogP contribution is 2.29. The first kappa shape index (κ1) is 25.6. The summed E-state index contributed by atoms with van der Waals surface area (Å²) in [5.41, 5.74) is 0. The summed E-state index contributed by atoms with van der Waals surface area (Å²) in [6.07, 6.45) is 0. The second-order valence-electron chi connectivity index (χ2n) is 3.44. The fourth-order valence-electron chi connectivity index (χ4n) is 0.828. The first-order valence-corrected chi connectivity index (χ1v) is 16.4. The summed E-state index contributed by atoms with van der Waals surface area (Å²) in [7, 11) is -13.9. The highest BCUT2D eigenvalue weighted by Gasteiger charge is 2.56. The zero-order valence-corrected chi connectivity index (χ0v) is 18.4. The molecule has 22 heavy (non-hydrogen) atoms. The minimum Gasteiger partial charge on any atom is -0.428 e. The Hall–Kier alpha value is 1.36. The summed E-state index contributed by atoms with van der Waals surface area (Å²) in [5, 5.41) is 0. The molecule has 0 amide bonds. The normalized spacial score (nSPS) is 17.3. The fourth-order valence-corrected chi connectivity index (χ4v) is 7.22. The van der Waals surface area contributed by atoms with Gasteiger partial charge in [0.2, 0.25) is 0 Å². The van der Waals surface area contributed by atoms with Crippen LogP contribution in [-0.4, -0.2) is 52.1 Å². The van der Waals surface area contributed by atoms with E-state index in [4.69, 9.17) is 0 Å². The van der Waals surface area contributed by atoms with Gasteiger partial charge in [-0.3, -0.25) is 0 Å². The molecule has 0 saturated heterocycles. The number of alkyl halides is 9. The molecule has 3 nitrogen and oxygen atoms in total. The van der Waals surface area contributed by atoms with E-state index in [-0.39, 0.29) is 0 Å². The van der Waals surface area contributed by atoms with Crippen LogP contribution in [0, 0.1) is 0 Å². The summed E-state index contributed by atoms with van der Waals surface area (Å²) >= 11 is 4.24. The maximum Gasteiger partial charge on any atom is 0.433 e. The molecule has 0 fully saturated rings. The molecule has 0 aromatic rings. The summed E-state index contributed by atoms with van der Waals surface area (Å²) in [5.74, 6) is -15.6. The van der Waals surface area contributed by atoms with Gasteiger partial charge in [0.25, 0.3) is 9.04 Å². The van der Waals surface area contributed by atoms with Crippen LogP contribution in [-0.2, 0) is 12.7 Å². The lowest BCUT2D eigenvalue weighted by molar-refractivity contribution is -0.0958. The third-order valence-corrected chi connectivity index (χ3v) is 8.80. The SMILES string of the molecule is CO[SiH](O[SiH](O[SiH](C)C(F)(F)F)C(F)(F)F)C(F)(F)F.II. The van der Waals surface area contributed by atoms with E-state index in [0.29, 0.717) is 13.7 Å². The van der Waals surface area contributed by atoms with E-state index in [1.807, 2.05) is 0 Å². The van der Waals surface area contributed by atoms with Crippen molar-refractivity contribution in [2.45, 2.75) is 23.9 Å². The van der Waals surface area contributed by atoms with Gasteiger partial charge in [-0.2, -0.15) is 39.5 Å². The molecule has 0 saturated carbocycles. The third-order valence-electron chi connectivity index (χ3n) is 1.78. The molecule has 0 aromatic carbocycles. The predicted octanol–water partition coefficient (Wildman–Crippen LogP) is 3.54. The monoisotopic (exact) mass is 626 g/mol. The Kier molecular flexibility index (Phi) is 12.1. The highest BCUT2D eigenvalue weighted by atomic mass is 128. The molecule has 0 heterocycles. The Morgan fingerprint density at radius 1 is 0.682 bits per heavy atom. The van der Waals surface area contributed by atoms with Crippen LogP contribution in [0.5, 0.6) is 0 Å². The molecule has 0 aliphatic carbocycles. The first-order valence-electron chi connectivity index (χ1n) is 4.87. The van der Waals surface area contributed by atoms with Crippen molar-refractivity contribution in [2.75, 3.05) is 7.11 Å². The van der Waals surface area contributed by atoms with Crippen LogP contribution in [0.4, 0.5) is 39.5 Å². The third kappa shape index (κ3) is 10.3. The van der Waals surface area contributed by atoms with Crippen molar-refractivity contribution < 1.29 is 52.2 Å². The summed E-state index contributed by atoms with van der Waals surface area (Å²) in [4.78, 5) is 0. The van der Waals surface area contributed by atoms with E-state index in [1.165, 1.54) is 0 Å². The average molecular weight is 626 g/mol. The molecular weight excluding hydrogens is 617 g/mol. The van der Waals surface area contributed by atoms with E-state index >= 15 is 0 Å². The van der Waals surface area contributed by atoms with Crippen molar-refractivity contribution in [1.29, 1.82) is 0 Å². The van der Waals surface area contributed by atoms with E-state index < -0.39 is 45.0 Å². The lowest BCUT2D eigenvalue weighted by Gasteiger charge is -2.27. The Balaban J connectivity index is 0. The minimum atomic E-state index is -5.40. The lowest BCUT2D eigenvalue weighted by atomic mass is 11.5. The molecule has 136 valence electrons. The maximum atomic E-state index is 12.4. The molecule has 17 heteroatoms. The van der Waals surface area contributed by atoms with Gasteiger partial charge in [-0.25, -0.2) is 0 Å². The quantitative estimate of drug-likeness (QED) is 0.266. The van der Waals surface area contributed by atoms with Crippen LogP contribution in [0.25, 0.3) is 0 Å². The Morgan fingerprint density at radius 3 is 1.27 bits per heavy atom. The van der Waals surface area contributed by atoms with Gasteiger partial charge < -0.3 is 12.7 Å². The Labute approximate surface area is 147 Å². The smallest absolute Gasteiger partial charge is 0.428 e. The average Bonchev–Trinajstić information content (AvgIpc) is 2.32.